The lowest BCUT2D eigenvalue weighted by atomic mass is 9.93. The van der Waals surface area contributed by atoms with Gasteiger partial charge in [0.1, 0.15) is 11.7 Å². The van der Waals surface area contributed by atoms with Gasteiger partial charge >= 0.3 is 0 Å². The molecule has 0 amide bonds. The molecule has 158 valence electrons. The summed E-state index contributed by atoms with van der Waals surface area (Å²) in [5.74, 6) is -0.745. The van der Waals surface area contributed by atoms with Gasteiger partial charge in [0.2, 0.25) is 0 Å². The zero-order valence-electron chi connectivity index (χ0n) is 17.0. The van der Waals surface area contributed by atoms with Gasteiger partial charge < -0.3 is 10.5 Å². The van der Waals surface area contributed by atoms with Crippen molar-refractivity contribution in [1.82, 2.24) is 9.78 Å². The molecule has 1 atom stereocenters. The van der Waals surface area contributed by atoms with Crippen molar-refractivity contribution < 1.29 is 13.9 Å². The van der Waals surface area contributed by atoms with E-state index in [4.69, 9.17) is 22.1 Å². The molecule has 1 fully saturated rings. The number of halogens is 2. The van der Waals surface area contributed by atoms with E-state index >= 15 is 0 Å². The molecule has 5 rings (SSSR count). The summed E-state index contributed by atoms with van der Waals surface area (Å²) < 4.78 is 21.9. The molecule has 1 aliphatic heterocycles. The second kappa shape index (κ2) is 7.62. The number of ketones is 1. The number of rotatable bonds is 3. The second-order valence-corrected chi connectivity index (χ2v) is 8.40. The standard InChI is InChI=1S/C24H21ClFN3O2/c1-13-10-18(22(27)15-6-5-14(25)11-17(13)15)24(30)16-7-8-20(26)23-19(16)12-29(28-23)21-4-2-3-9-31-21/h5-8,10-12,21H,2-4,9,27H2,1H3. The maximum atomic E-state index is 14.5. The summed E-state index contributed by atoms with van der Waals surface area (Å²) in [5, 5.41) is 7.10. The Kier molecular flexibility index (Phi) is 4.91. The van der Waals surface area contributed by atoms with Gasteiger partial charge in [-0.2, -0.15) is 5.10 Å². The van der Waals surface area contributed by atoms with Crippen LogP contribution in [0.4, 0.5) is 10.1 Å². The van der Waals surface area contributed by atoms with Crippen molar-refractivity contribution >= 4 is 44.7 Å². The number of aromatic nitrogens is 2. The van der Waals surface area contributed by atoms with Gasteiger partial charge in [-0.05, 0) is 67.5 Å². The van der Waals surface area contributed by atoms with Gasteiger partial charge in [-0.25, -0.2) is 9.07 Å². The summed E-state index contributed by atoms with van der Waals surface area (Å²) in [6, 6.07) is 9.93. The number of carbonyl (C=O) groups excluding carboxylic acids is 1. The van der Waals surface area contributed by atoms with Gasteiger partial charge in [0.15, 0.2) is 11.6 Å². The first-order valence-electron chi connectivity index (χ1n) is 10.3. The van der Waals surface area contributed by atoms with E-state index < -0.39 is 5.82 Å². The topological polar surface area (TPSA) is 70.1 Å². The number of aryl methyl sites for hydroxylation is 1. The molecule has 0 bridgehead atoms. The molecule has 31 heavy (non-hydrogen) atoms. The predicted octanol–water partition coefficient (Wildman–Crippen LogP) is 5.80. The molecule has 2 heterocycles. The van der Waals surface area contributed by atoms with Crippen LogP contribution in [0.15, 0.2) is 42.6 Å². The molecule has 1 unspecified atom stereocenters. The second-order valence-electron chi connectivity index (χ2n) is 7.96. The maximum Gasteiger partial charge on any atom is 0.195 e. The number of carbonyl (C=O) groups is 1. The third-order valence-electron chi connectivity index (χ3n) is 5.93. The molecule has 2 N–H and O–H groups in total. The molecule has 3 aromatic carbocycles. The molecule has 1 aromatic heterocycles. The highest BCUT2D eigenvalue weighted by Crippen LogP contribution is 2.34. The number of hydrogen-bond acceptors (Lipinski definition) is 4. The number of benzene rings is 3. The fourth-order valence-electron chi connectivity index (χ4n) is 4.30. The van der Waals surface area contributed by atoms with Gasteiger partial charge in [-0.15, -0.1) is 0 Å². The third-order valence-corrected chi connectivity index (χ3v) is 6.17. The lowest BCUT2D eigenvalue weighted by Crippen LogP contribution is -2.18. The number of nitrogens with zero attached hydrogens (tertiary/aromatic N) is 2. The van der Waals surface area contributed by atoms with E-state index in [1.165, 1.54) is 12.1 Å². The summed E-state index contributed by atoms with van der Waals surface area (Å²) in [6.45, 7) is 2.56. The fraction of sp³-hybridized carbons (Fsp3) is 0.250. The minimum atomic E-state index is -0.474. The van der Waals surface area contributed by atoms with Crippen molar-refractivity contribution in [2.75, 3.05) is 12.3 Å². The average Bonchev–Trinajstić information content (AvgIpc) is 3.23. The normalized spacial score (nSPS) is 16.8. The summed E-state index contributed by atoms with van der Waals surface area (Å²) >= 11 is 6.12. The molecule has 0 radical (unpaired) electrons. The minimum absolute atomic E-state index is 0.155. The maximum absolute atomic E-state index is 14.5. The third kappa shape index (κ3) is 3.36. The number of anilines is 1. The van der Waals surface area contributed by atoms with Crippen molar-refractivity contribution in [3.05, 3.63) is 70.1 Å². The Hall–Kier alpha value is -2.96. The predicted molar refractivity (Wildman–Crippen MR) is 120 cm³/mol. The average molecular weight is 438 g/mol. The number of nitrogens with two attached hydrogens (primary N) is 1. The molecule has 5 nitrogen and oxygen atoms in total. The molecule has 0 spiro atoms. The van der Waals surface area contributed by atoms with Crippen LogP contribution in [-0.4, -0.2) is 22.2 Å². The monoisotopic (exact) mass is 437 g/mol. The Bertz CT molecular complexity index is 1340. The van der Waals surface area contributed by atoms with Crippen molar-refractivity contribution in [3.8, 4) is 0 Å². The van der Waals surface area contributed by atoms with Crippen LogP contribution in [0.25, 0.3) is 21.7 Å². The first-order valence-corrected chi connectivity index (χ1v) is 10.6. The van der Waals surface area contributed by atoms with Crippen LogP contribution in [0, 0.1) is 12.7 Å². The van der Waals surface area contributed by atoms with Crippen LogP contribution in [-0.2, 0) is 4.74 Å². The van der Waals surface area contributed by atoms with Crippen molar-refractivity contribution in [3.63, 3.8) is 0 Å². The van der Waals surface area contributed by atoms with Crippen LogP contribution in [0.1, 0.15) is 47.0 Å². The number of nitrogen functional groups attached to an aromatic ring is 1. The highest BCUT2D eigenvalue weighted by molar-refractivity contribution is 6.31. The SMILES string of the molecule is Cc1cc(C(=O)c2ccc(F)c3nn(C4CCCCO4)cc23)c(N)c2ccc(Cl)cc12. The number of fused-ring (bicyclic) bond motifs is 2. The summed E-state index contributed by atoms with van der Waals surface area (Å²) in [6.07, 6.45) is 4.28. The van der Waals surface area contributed by atoms with Gasteiger partial charge in [0.05, 0.1) is 5.69 Å². The van der Waals surface area contributed by atoms with Crippen LogP contribution < -0.4 is 5.73 Å². The summed E-state index contributed by atoms with van der Waals surface area (Å²) in [5.41, 5.74) is 8.55. The van der Waals surface area contributed by atoms with E-state index in [1.54, 1.807) is 23.0 Å². The molecular formula is C24H21ClFN3O2. The molecular weight excluding hydrogens is 417 g/mol. The first-order chi connectivity index (χ1) is 14.9. The summed E-state index contributed by atoms with van der Waals surface area (Å²) in [7, 11) is 0. The first kappa shape index (κ1) is 20.0. The molecule has 0 aliphatic carbocycles. The molecule has 0 saturated carbocycles. The van der Waals surface area contributed by atoms with E-state index in [0.717, 1.165) is 35.6 Å². The fourth-order valence-corrected chi connectivity index (χ4v) is 4.47. The van der Waals surface area contributed by atoms with Gasteiger partial charge in [0.25, 0.3) is 0 Å². The lowest BCUT2D eigenvalue weighted by Gasteiger charge is -2.22. The largest absolute Gasteiger partial charge is 0.398 e. The zero-order valence-corrected chi connectivity index (χ0v) is 17.7. The van der Waals surface area contributed by atoms with Gasteiger partial charge in [-0.1, -0.05) is 17.7 Å². The summed E-state index contributed by atoms with van der Waals surface area (Å²) in [4.78, 5) is 13.5. The van der Waals surface area contributed by atoms with Crippen LogP contribution in [0.5, 0.6) is 0 Å². The molecule has 1 saturated heterocycles. The van der Waals surface area contributed by atoms with Crippen molar-refractivity contribution in [2.24, 2.45) is 0 Å². The highest BCUT2D eigenvalue weighted by Gasteiger charge is 2.23. The van der Waals surface area contributed by atoms with E-state index in [-0.39, 0.29) is 17.5 Å². The number of hydrogen-bond donors (Lipinski definition) is 1. The Labute approximate surface area is 183 Å². The molecule has 7 heteroatoms. The van der Waals surface area contributed by atoms with Crippen molar-refractivity contribution in [1.29, 1.82) is 0 Å². The van der Waals surface area contributed by atoms with Gasteiger partial charge in [-0.3, -0.25) is 4.79 Å². The molecule has 4 aromatic rings. The Morgan fingerprint density at radius 2 is 2.00 bits per heavy atom. The van der Waals surface area contributed by atoms with E-state index in [1.807, 2.05) is 19.1 Å². The van der Waals surface area contributed by atoms with E-state index in [9.17, 15) is 9.18 Å². The van der Waals surface area contributed by atoms with Crippen molar-refractivity contribution in [2.45, 2.75) is 32.4 Å². The number of ether oxygens (including phenoxy) is 1. The van der Waals surface area contributed by atoms with E-state index in [0.29, 0.717) is 33.8 Å². The van der Waals surface area contributed by atoms with Crippen LogP contribution >= 0.6 is 11.6 Å². The Morgan fingerprint density at radius 1 is 1.16 bits per heavy atom. The Balaban J connectivity index is 1.65. The van der Waals surface area contributed by atoms with Gasteiger partial charge in [0, 0.05) is 39.7 Å². The minimum Gasteiger partial charge on any atom is -0.398 e. The highest BCUT2D eigenvalue weighted by atomic mass is 35.5. The smallest absolute Gasteiger partial charge is 0.195 e. The van der Waals surface area contributed by atoms with Crippen LogP contribution in [0.3, 0.4) is 0 Å². The van der Waals surface area contributed by atoms with Crippen LogP contribution in [0.2, 0.25) is 5.02 Å². The lowest BCUT2D eigenvalue weighted by molar-refractivity contribution is -0.0391. The zero-order chi connectivity index (χ0) is 21.7. The Morgan fingerprint density at radius 3 is 2.77 bits per heavy atom. The molecule has 1 aliphatic rings. The quantitative estimate of drug-likeness (QED) is 0.324. The van der Waals surface area contributed by atoms with E-state index in [2.05, 4.69) is 5.10 Å².